The van der Waals surface area contributed by atoms with E-state index in [9.17, 15) is 4.79 Å². The summed E-state index contributed by atoms with van der Waals surface area (Å²) in [5.74, 6) is 0.962. The lowest BCUT2D eigenvalue weighted by Gasteiger charge is -2.32. The van der Waals surface area contributed by atoms with Crippen LogP contribution in [0, 0.1) is 5.92 Å². The molecule has 122 valence electrons. The average molecular weight is 302 g/mol. The monoisotopic (exact) mass is 302 g/mol. The maximum Gasteiger partial charge on any atom is 0.244 e. The second-order valence-corrected chi connectivity index (χ2v) is 7.70. The van der Waals surface area contributed by atoms with Gasteiger partial charge in [0.1, 0.15) is 6.04 Å². The number of hydrogen-bond acceptors (Lipinski definition) is 2. The van der Waals surface area contributed by atoms with E-state index in [0.717, 1.165) is 37.5 Å². The largest absolute Gasteiger partial charge is 0.374 e. The molecule has 1 aromatic rings. The van der Waals surface area contributed by atoms with Crippen LogP contribution in [0.4, 0.5) is 5.69 Å². The van der Waals surface area contributed by atoms with Crippen LogP contribution in [-0.2, 0) is 10.2 Å². The number of piperidine rings is 1. The first-order valence-electron chi connectivity index (χ1n) is 8.43. The van der Waals surface area contributed by atoms with E-state index in [1.54, 1.807) is 0 Å². The van der Waals surface area contributed by atoms with Gasteiger partial charge < -0.3 is 10.2 Å². The highest BCUT2D eigenvalue weighted by molar-refractivity contribution is 5.84. The highest BCUT2D eigenvalue weighted by Crippen LogP contribution is 2.24. The van der Waals surface area contributed by atoms with Crippen molar-refractivity contribution in [1.29, 1.82) is 0 Å². The van der Waals surface area contributed by atoms with Gasteiger partial charge >= 0.3 is 0 Å². The molecule has 3 heteroatoms. The summed E-state index contributed by atoms with van der Waals surface area (Å²) in [4.78, 5) is 14.5. The number of amides is 1. The number of nitrogens with one attached hydrogen (secondary N) is 1. The van der Waals surface area contributed by atoms with E-state index in [4.69, 9.17) is 0 Å². The molecule has 2 rings (SSSR count). The van der Waals surface area contributed by atoms with Crippen molar-refractivity contribution >= 4 is 11.6 Å². The van der Waals surface area contributed by atoms with Gasteiger partial charge in [-0.25, -0.2) is 0 Å². The van der Waals surface area contributed by atoms with Gasteiger partial charge in [-0.05, 0) is 48.8 Å². The van der Waals surface area contributed by atoms with Gasteiger partial charge in [0, 0.05) is 18.8 Å². The fourth-order valence-electron chi connectivity index (χ4n) is 2.88. The summed E-state index contributed by atoms with van der Waals surface area (Å²) in [5.41, 5.74) is 2.48. The van der Waals surface area contributed by atoms with Crippen LogP contribution in [0.25, 0.3) is 0 Å². The van der Waals surface area contributed by atoms with Crippen LogP contribution in [0.1, 0.15) is 53.0 Å². The van der Waals surface area contributed by atoms with Crippen LogP contribution in [0.3, 0.4) is 0 Å². The summed E-state index contributed by atoms with van der Waals surface area (Å²) in [6, 6.07) is 8.25. The molecule has 1 aliphatic rings. The fourth-order valence-corrected chi connectivity index (χ4v) is 2.88. The first-order valence-corrected chi connectivity index (χ1v) is 8.43. The standard InChI is InChI=1S/C19H30N2O/c1-14-10-12-21(13-11-14)18(22)15(2)20-17-8-6-16(7-9-17)19(3,4)5/h6-9,14-15,20H,10-13H2,1-5H3. The molecule has 1 unspecified atom stereocenters. The average Bonchev–Trinajstić information content (AvgIpc) is 2.47. The molecule has 1 aromatic carbocycles. The molecule has 1 aliphatic heterocycles. The van der Waals surface area contributed by atoms with Crippen LogP contribution in [-0.4, -0.2) is 29.9 Å². The van der Waals surface area contributed by atoms with E-state index in [2.05, 4.69) is 57.3 Å². The SMILES string of the molecule is CC1CCN(C(=O)C(C)Nc2ccc(C(C)(C)C)cc2)CC1. The van der Waals surface area contributed by atoms with Gasteiger partial charge in [-0.15, -0.1) is 0 Å². The molecule has 1 heterocycles. The van der Waals surface area contributed by atoms with Gasteiger partial charge in [0.25, 0.3) is 0 Å². The molecule has 0 spiro atoms. The lowest BCUT2D eigenvalue weighted by atomic mass is 9.87. The van der Waals surface area contributed by atoms with Gasteiger partial charge in [0.2, 0.25) is 5.91 Å². The Hall–Kier alpha value is -1.51. The topological polar surface area (TPSA) is 32.3 Å². The molecule has 1 N–H and O–H groups in total. The molecule has 1 amide bonds. The summed E-state index contributed by atoms with van der Waals surface area (Å²) in [7, 11) is 0. The van der Waals surface area contributed by atoms with Crippen LogP contribution >= 0.6 is 0 Å². The number of hydrogen-bond donors (Lipinski definition) is 1. The van der Waals surface area contributed by atoms with E-state index in [1.807, 2.05) is 11.8 Å². The number of likely N-dealkylation sites (tertiary alicyclic amines) is 1. The number of benzene rings is 1. The third kappa shape index (κ3) is 4.25. The van der Waals surface area contributed by atoms with Crippen molar-refractivity contribution < 1.29 is 4.79 Å². The van der Waals surface area contributed by atoms with Crippen LogP contribution in [0.15, 0.2) is 24.3 Å². The minimum absolute atomic E-state index is 0.157. The molecule has 22 heavy (non-hydrogen) atoms. The van der Waals surface area contributed by atoms with E-state index in [-0.39, 0.29) is 17.4 Å². The van der Waals surface area contributed by atoms with Crippen molar-refractivity contribution in [3.05, 3.63) is 29.8 Å². The van der Waals surface area contributed by atoms with Gasteiger partial charge in [0.05, 0.1) is 0 Å². The fraction of sp³-hybridized carbons (Fsp3) is 0.632. The molecule has 1 atom stereocenters. The lowest BCUT2D eigenvalue weighted by molar-refractivity contribution is -0.132. The van der Waals surface area contributed by atoms with Gasteiger partial charge in [-0.3, -0.25) is 4.79 Å². The minimum atomic E-state index is -0.172. The van der Waals surface area contributed by atoms with Crippen molar-refractivity contribution in [3.63, 3.8) is 0 Å². The predicted molar refractivity (Wildman–Crippen MR) is 93.2 cm³/mol. The number of nitrogens with zero attached hydrogens (tertiary/aromatic N) is 1. The van der Waals surface area contributed by atoms with Crippen LogP contribution in [0.5, 0.6) is 0 Å². The Labute approximate surface area is 135 Å². The zero-order valence-electron chi connectivity index (χ0n) is 14.6. The molecule has 0 saturated carbocycles. The summed E-state index contributed by atoms with van der Waals surface area (Å²) >= 11 is 0. The van der Waals surface area contributed by atoms with Crippen molar-refractivity contribution in [2.24, 2.45) is 5.92 Å². The van der Waals surface area contributed by atoms with Gasteiger partial charge in [-0.2, -0.15) is 0 Å². The lowest BCUT2D eigenvalue weighted by Crippen LogP contribution is -2.45. The van der Waals surface area contributed by atoms with E-state index >= 15 is 0 Å². The predicted octanol–water partition coefficient (Wildman–Crippen LogP) is 4.04. The zero-order valence-corrected chi connectivity index (χ0v) is 14.6. The van der Waals surface area contributed by atoms with Crippen LogP contribution in [0.2, 0.25) is 0 Å². The third-order valence-electron chi connectivity index (χ3n) is 4.60. The Kier molecular flexibility index (Phi) is 5.15. The molecular weight excluding hydrogens is 272 g/mol. The Morgan fingerprint density at radius 1 is 1.18 bits per heavy atom. The molecule has 0 radical (unpaired) electrons. The molecule has 0 bridgehead atoms. The second kappa shape index (κ2) is 6.72. The normalized spacial score (nSPS) is 18.1. The molecule has 1 fully saturated rings. The Morgan fingerprint density at radius 2 is 1.73 bits per heavy atom. The van der Waals surface area contributed by atoms with Gasteiger partial charge in [-0.1, -0.05) is 39.8 Å². The summed E-state index contributed by atoms with van der Waals surface area (Å²) in [6.07, 6.45) is 2.25. The highest BCUT2D eigenvalue weighted by Gasteiger charge is 2.24. The van der Waals surface area contributed by atoms with Crippen molar-refractivity contribution in [2.45, 2.75) is 58.9 Å². The summed E-state index contributed by atoms with van der Waals surface area (Å²) < 4.78 is 0. The van der Waals surface area contributed by atoms with Crippen molar-refractivity contribution in [3.8, 4) is 0 Å². The smallest absolute Gasteiger partial charge is 0.244 e. The number of carbonyl (C=O) groups excluding carboxylic acids is 1. The van der Waals surface area contributed by atoms with E-state index < -0.39 is 0 Å². The number of rotatable bonds is 3. The maximum absolute atomic E-state index is 12.5. The molecule has 0 aliphatic carbocycles. The van der Waals surface area contributed by atoms with Gasteiger partial charge in [0.15, 0.2) is 0 Å². The van der Waals surface area contributed by atoms with E-state index in [0.29, 0.717) is 0 Å². The van der Waals surface area contributed by atoms with Crippen LogP contribution < -0.4 is 5.32 Å². The Bertz CT molecular complexity index is 493. The summed E-state index contributed by atoms with van der Waals surface area (Å²) in [5, 5.41) is 3.34. The third-order valence-corrected chi connectivity index (χ3v) is 4.60. The second-order valence-electron chi connectivity index (χ2n) is 7.70. The summed E-state index contributed by atoms with van der Waals surface area (Å²) in [6.45, 7) is 12.6. The minimum Gasteiger partial charge on any atom is -0.374 e. The molecule has 0 aromatic heterocycles. The number of anilines is 1. The maximum atomic E-state index is 12.5. The molecule has 3 nitrogen and oxygen atoms in total. The van der Waals surface area contributed by atoms with Crippen molar-refractivity contribution in [2.75, 3.05) is 18.4 Å². The quantitative estimate of drug-likeness (QED) is 0.914. The highest BCUT2D eigenvalue weighted by atomic mass is 16.2. The van der Waals surface area contributed by atoms with Crippen molar-refractivity contribution in [1.82, 2.24) is 4.90 Å². The van der Waals surface area contributed by atoms with E-state index in [1.165, 1.54) is 5.56 Å². The first kappa shape index (κ1) is 16.9. The molecular formula is C19H30N2O. The Morgan fingerprint density at radius 3 is 2.23 bits per heavy atom. The molecule has 1 saturated heterocycles. The Balaban J connectivity index is 1.93. The number of carbonyl (C=O) groups is 1. The first-order chi connectivity index (χ1) is 10.3. The zero-order chi connectivity index (χ0) is 16.3.